The number of para-hydroxylation sites is 1. The zero-order valence-electron chi connectivity index (χ0n) is 16.1. The van der Waals surface area contributed by atoms with Gasteiger partial charge in [-0.05, 0) is 44.5 Å². The summed E-state index contributed by atoms with van der Waals surface area (Å²) >= 11 is 0. The van der Waals surface area contributed by atoms with Gasteiger partial charge < -0.3 is 10.1 Å². The lowest BCUT2D eigenvalue weighted by Gasteiger charge is -2.28. The molecule has 0 heterocycles. The van der Waals surface area contributed by atoms with E-state index in [4.69, 9.17) is 4.74 Å². The molecule has 7 heteroatoms. The van der Waals surface area contributed by atoms with Crippen LogP contribution in [0.2, 0.25) is 0 Å². The van der Waals surface area contributed by atoms with Gasteiger partial charge in [0.2, 0.25) is 15.9 Å². The van der Waals surface area contributed by atoms with Crippen molar-refractivity contribution in [1.29, 1.82) is 0 Å². The molecule has 2 aromatic carbocycles. The van der Waals surface area contributed by atoms with Gasteiger partial charge >= 0.3 is 0 Å². The van der Waals surface area contributed by atoms with Crippen LogP contribution in [0.25, 0.3) is 0 Å². The average molecular weight is 391 g/mol. The van der Waals surface area contributed by atoms with Crippen LogP contribution in [0.4, 0.5) is 5.69 Å². The third-order valence-electron chi connectivity index (χ3n) is 4.09. The van der Waals surface area contributed by atoms with Crippen LogP contribution >= 0.6 is 0 Å². The molecule has 0 radical (unpaired) electrons. The van der Waals surface area contributed by atoms with Crippen LogP contribution in [0.5, 0.6) is 5.75 Å². The fourth-order valence-electron chi connectivity index (χ4n) is 2.83. The lowest BCUT2D eigenvalue weighted by Crippen LogP contribution is -2.48. The van der Waals surface area contributed by atoms with E-state index in [2.05, 4.69) is 5.32 Å². The van der Waals surface area contributed by atoms with Crippen LogP contribution in [-0.4, -0.2) is 39.8 Å². The van der Waals surface area contributed by atoms with Crippen molar-refractivity contribution < 1.29 is 17.9 Å². The number of sulfonamides is 1. The first-order valence-corrected chi connectivity index (χ1v) is 10.6. The van der Waals surface area contributed by atoms with Crippen LogP contribution in [0.3, 0.4) is 0 Å². The van der Waals surface area contributed by atoms with Crippen molar-refractivity contribution in [2.75, 3.05) is 23.7 Å². The molecular weight excluding hydrogens is 364 g/mol. The standard InChI is InChI=1S/C20H26N2O4S/c1-15-10-11-19(16(2)14-15)26-13-12-21-20(23)17(3)22(27(4,24)25)18-8-6-5-7-9-18/h5-11,14,17H,12-13H2,1-4H3,(H,21,23)/t17-/m0/s1. The summed E-state index contributed by atoms with van der Waals surface area (Å²) in [7, 11) is -3.60. The number of anilines is 1. The van der Waals surface area contributed by atoms with Crippen molar-refractivity contribution in [3.8, 4) is 5.75 Å². The highest BCUT2D eigenvalue weighted by Gasteiger charge is 2.28. The molecule has 1 atom stereocenters. The van der Waals surface area contributed by atoms with Gasteiger partial charge in [-0.3, -0.25) is 9.10 Å². The summed E-state index contributed by atoms with van der Waals surface area (Å²) in [5, 5.41) is 2.74. The molecule has 0 fully saturated rings. The predicted molar refractivity (Wildman–Crippen MR) is 108 cm³/mol. The zero-order chi connectivity index (χ0) is 20.0. The first-order chi connectivity index (χ1) is 12.7. The first kappa shape index (κ1) is 20.8. The highest BCUT2D eigenvalue weighted by atomic mass is 32.2. The molecular formula is C20H26N2O4S. The fourth-order valence-corrected chi connectivity index (χ4v) is 4.00. The number of hydrogen-bond acceptors (Lipinski definition) is 4. The molecule has 0 aliphatic carbocycles. The van der Waals surface area contributed by atoms with Gasteiger partial charge in [-0.25, -0.2) is 8.42 Å². The third-order valence-corrected chi connectivity index (χ3v) is 5.33. The summed E-state index contributed by atoms with van der Waals surface area (Å²) in [6.45, 7) is 6.12. The summed E-state index contributed by atoms with van der Waals surface area (Å²) < 4.78 is 31.2. The smallest absolute Gasteiger partial charge is 0.243 e. The molecule has 0 aliphatic heterocycles. The second-order valence-electron chi connectivity index (χ2n) is 6.48. The normalized spacial score (nSPS) is 12.3. The highest BCUT2D eigenvalue weighted by Crippen LogP contribution is 2.20. The van der Waals surface area contributed by atoms with E-state index in [1.807, 2.05) is 32.0 Å². The zero-order valence-corrected chi connectivity index (χ0v) is 16.9. The van der Waals surface area contributed by atoms with E-state index >= 15 is 0 Å². The number of aryl methyl sites for hydroxylation is 2. The average Bonchev–Trinajstić information content (AvgIpc) is 2.59. The van der Waals surface area contributed by atoms with Gasteiger partial charge in [0.05, 0.1) is 18.5 Å². The Kier molecular flexibility index (Phi) is 6.85. The Hall–Kier alpha value is -2.54. The second-order valence-corrected chi connectivity index (χ2v) is 8.34. The maximum Gasteiger partial charge on any atom is 0.243 e. The largest absolute Gasteiger partial charge is 0.491 e. The minimum Gasteiger partial charge on any atom is -0.491 e. The molecule has 2 rings (SSSR count). The predicted octanol–water partition coefficient (Wildman–Crippen LogP) is 2.65. The lowest BCUT2D eigenvalue weighted by atomic mass is 10.1. The van der Waals surface area contributed by atoms with E-state index < -0.39 is 16.1 Å². The Bertz CT molecular complexity index is 882. The number of carbonyl (C=O) groups excluding carboxylic acids is 1. The molecule has 0 aromatic heterocycles. The van der Waals surface area contributed by atoms with Crippen LogP contribution in [0, 0.1) is 13.8 Å². The molecule has 0 saturated carbocycles. The van der Waals surface area contributed by atoms with Crippen LogP contribution in [0.15, 0.2) is 48.5 Å². The number of rotatable bonds is 8. The molecule has 0 saturated heterocycles. The Morgan fingerprint density at radius 1 is 1.15 bits per heavy atom. The van der Waals surface area contributed by atoms with Gasteiger partial charge in [-0.2, -0.15) is 0 Å². The van der Waals surface area contributed by atoms with Crippen molar-refractivity contribution in [2.45, 2.75) is 26.8 Å². The van der Waals surface area contributed by atoms with Crippen molar-refractivity contribution >= 4 is 21.6 Å². The van der Waals surface area contributed by atoms with Crippen molar-refractivity contribution in [1.82, 2.24) is 5.32 Å². The topological polar surface area (TPSA) is 75.7 Å². The molecule has 27 heavy (non-hydrogen) atoms. The SMILES string of the molecule is Cc1ccc(OCCNC(=O)[C@H](C)N(c2ccccc2)S(C)(=O)=O)c(C)c1. The fraction of sp³-hybridized carbons (Fsp3) is 0.350. The summed E-state index contributed by atoms with van der Waals surface area (Å²) in [5.74, 6) is 0.387. The van der Waals surface area contributed by atoms with Gasteiger partial charge in [-0.1, -0.05) is 35.9 Å². The molecule has 0 unspecified atom stereocenters. The minimum absolute atomic E-state index is 0.281. The molecule has 146 valence electrons. The maximum atomic E-state index is 12.5. The molecule has 0 spiro atoms. The van der Waals surface area contributed by atoms with Crippen LogP contribution < -0.4 is 14.4 Å². The number of hydrogen-bond donors (Lipinski definition) is 1. The molecule has 1 N–H and O–H groups in total. The monoisotopic (exact) mass is 390 g/mol. The minimum atomic E-state index is -3.60. The quantitative estimate of drug-likeness (QED) is 0.703. The van der Waals surface area contributed by atoms with E-state index in [1.54, 1.807) is 37.3 Å². The van der Waals surface area contributed by atoms with Crippen LogP contribution in [0.1, 0.15) is 18.1 Å². The summed E-state index contributed by atoms with van der Waals surface area (Å²) in [6, 6.07) is 13.6. The second kappa shape index (κ2) is 8.90. The number of nitrogens with zero attached hydrogens (tertiary/aromatic N) is 1. The van der Waals surface area contributed by atoms with Gasteiger partial charge in [0.25, 0.3) is 0 Å². The van der Waals surface area contributed by atoms with Crippen molar-refractivity contribution in [3.63, 3.8) is 0 Å². The van der Waals surface area contributed by atoms with E-state index in [1.165, 1.54) is 0 Å². The number of ether oxygens (including phenoxy) is 1. The highest BCUT2D eigenvalue weighted by molar-refractivity contribution is 7.92. The lowest BCUT2D eigenvalue weighted by molar-refractivity contribution is -0.121. The van der Waals surface area contributed by atoms with Crippen LogP contribution in [-0.2, 0) is 14.8 Å². The van der Waals surface area contributed by atoms with Gasteiger partial charge in [0.1, 0.15) is 18.4 Å². The summed E-state index contributed by atoms with van der Waals surface area (Å²) in [6.07, 6.45) is 1.09. The van der Waals surface area contributed by atoms with Crippen molar-refractivity contribution in [3.05, 3.63) is 59.7 Å². The summed E-state index contributed by atoms with van der Waals surface area (Å²) in [5.41, 5.74) is 2.64. The van der Waals surface area contributed by atoms with Gasteiger partial charge in [0.15, 0.2) is 0 Å². The van der Waals surface area contributed by atoms with E-state index in [0.717, 1.165) is 27.4 Å². The third kappa shape index (κ3) is 5.72. The Balaban J connectivity index is 1.95. The number of amides is 1. The summed E-state index contributed by atoms with van der Waals surface area (Å²) in [4.78, 5) is 12.5. The Morgan fingerprint density at radius 3 is 2.41 bits per heavy atom. The Labute approximate surface area is 161 Å². The molecule has 1 amide bonds. The van der Waals surface area contributed by atoms with Crippen molar-refractivity contribution in [2.24, 2.45) is 0 Å². The molecule has 0 bridgehead atoms. The van der Waals surface area contributed by atoms with E-state index in [0.29, 0.717) is 12.3 Å². The van der Waals surface area contributed by atoms with E-state index in [9.17, 15) is 13.2 Å². The molecule has 6 nitrogen and oxygen atoms in total. The Morgan fingerprint density at radius 2 is 1.81 bits per heavy atom. The number of carbonyl (C=O) groups is 1. The molecule has 2 aromatic rings. The number of nitrogens with one attached hydrogen (secondary N) is 1. The van der Waals surface area contributed by atoms with Gasteiger partial charge in [-0.15, -0.1) is 0 Å². The van der Waals surface area contributed by atoms with E-state index in [-0.39, 0.29) is 12.5 Å². The first-order valence-electron chi connectivity index (χ1n) is 8.72. The maximum absolute atomic E-state index is 12.5. The molecule has 0 aliphatic rings. The van der Waals surface area contributed by atoms with Gasteiger partial charge in [0, 0.05) is 0 Å². The number of benzene rings is 2.